The van der Waals surface area contributed by atoms with Crippen molar-refractivity contribution in [3.8, 4) is 17.2 Å². The van der Waals surface area contributed by atoms with Crippen molar-refractivity contribution in [2.75, 3.05) is 0 Å². The monoisotopic (exact) mass is 410 g/mol. The van der Waals surface area contributed by atoms with Crippen LogP contribution in [-0.4, -0.2) is 6.04 Å². The lowest BCUT2D eigenvalue weighted by molar-refractivity contribution is -0.189. The average molecular weight is 411 g/mol. The molecule has 1 heterocycles. The fourth-order valence-corrected chi connectivity index (χ4v) is 2.55. The van der Waals surface area contributed by atoms with Crippen LogP contribution in [0.25, 0.3) is 0 Å². The predicted octanol–water partition coefficient (Wildman–Crippen LogP) is 5.27. The van der Waals surface area contributed by atoms with E-state index >= 15 is 0 Å². The molecule has 0 amide bonds. The molecule has 1 unspecified atom stereocenters. The second kappa shape index (κ2) is 5.51. The zero-order chi connectivity index (χ0) is 17.7. The standard InChI is InChI=1S/C15H8BrF5O3/c1-14(19)23-11-3-2-8(6-12(11)24-14)22-15(20,21)13-9(17)4-7(16)5-10(13)18/h2-6H,1H3. The zero-order valence-corrected chi connectivity index (χ0v) is 13.5. The van der Waals surface area contributed by atoms with Crippen LogP contribution in [0.15, 0.2) is 34.8 Å². The van der Waals surface area contributed by atoms with Crippen LogP contribution in [0.3, 0.4) is 0 Å². The fourth-order valence-electron chi connectivity index (χ4n) is 2.15. The molecule has 1 aliphatic heterocycles. The van der Waals surface area contributed by atoms with Crippen LogP contribution in [0.1, 0.15) is 12.5 Å². The largest absolute Gasteiger partial charge is 0.432 e. The van der Waals surface area contributed by atoms with E-state index in [0.717, 1.165) is 25.1 Å². The highest BCUT2D eigenvalue weighted by Crippen LogP contribution is 2.44. The van der Waals surface area contributed by atoms with Gasteiger partial charge in [0.15, 0.2) is 11.5 Å². The van der Waals surface area contributed by atoms with Crippen LogP contribution in [0.5, 0.6) is 17.2 Å². The molecule has 0 N–H and O–H groups in total. The molecule has 3 rings (SSSR count). The number of halogens is 6. The molecule has 1 aliphatic rings. The van der Waals surface area contributed by atoms with Gasteiger partial charge in [-0.05, 0) is 24.3 Å². The molecule has 2 aromatic rings. The van der Waals surface area contributed by atoms with Gasteiger partial charge < -0.3 is 14.2 Å². The highest BCUT2D eigenvalue weighted by Gasteiger charge is 2.42. The normalized spacial score (nSPS) is 19.5. The van der Waals surface area contributed by atoms with E-state index in [0.29, 0.717) is 12.1 Å². The minimum absolute atomic E-state index is 0.0170. The van der Waals surface area contributed by atoms with Crippen molar-refractivity contribution in [1.29, 1.82) is 0 Å². The summed E-state index contributed by atoms with van der Waals surface area (Å²) in [4.78, 5) is 0. The quantitative estimate of drug-likeness (QED) is 0.645. The van der Waals surface area contributed by atoms with Gasteiger partial charge in [0, 0.05) is 17.5 Å². The summed E-state index contributed by atoms with van der Waals surface area (Å²) in [6.07, 6.45) is -4.30. The van der Waals surface area contributed by atoms with E-state index in [1.54, 1.807) is 0 Å². The van der Waals surface area contributed by atoms with Crippen molar-refractivity contribution in [1.82, 2.24) is 0 Å². The summed E-state index contributed by atoms with van der Waals surface area (Å²) in [5.41, 5.74) is -1.54. The fraction of sp³-hybridized carbons (Fsp3) is 0.200. The van der Waals surface area contributed by atoms with E-state index in [4.69, 9.17) is 9.47 Å². The maximum atomic E-state index is 14.1. The van der Waals surface area contributed by atoms with Gasteiger partial charge in [0.05, 0.1) is 0 Å². The van der Waals surface area contributed by atoms with Crippen LogP contribution in [0, 0.1) is 11.6 Å². The summed E-state index contributed by atoms with van der Waals surface area (Å²) >= 11 is 2.79. The van der Waals surface area contributed by atoms with Crippen molar-refractivity contribution in [3.05, 3.63) is 52.0 Å². The molecule has 128 valence electrons. The maximum absolute atomic E-state index is 14.1. The molecule has 0 fully saturated rings. The van der Waals surface area contributed by atoms with Crippen molar-refractivity contribution in [2.45, 2.75) is 19.1 Å². The second-order valence-electron chi connectivity index (χ2n) is 5.01. The molecule has 0 spiro atoms. The Morgan fingerprint density at radius 2 is 1.62 bits per heavy atom. The van der Waals surface area contributed by atoms with Gasteiger partial charge in [-0.1, -0.05) is 15.9 Å². The summed E-state index contributed by atoms with van der Waals surface area (Å²) < 4.78 is 83.1. The molecule has 0 saturated carbocycles. The van der Waals surface area contributed by atoms with Crippen LogP contribution in [0.2, 0.25) is 0 Å². The Labute approximate surface area is 141 Å². The van der Waals surface area contributed by atoms with Crippen molar-refractivity contribution in [3.63, 3.8) is 0 Å². The van der Waals surface area contributed by atoms with Gasteiger partial charge in [-0.25, -0.2) is 8.78 Å². The first-order valence-electron chi connectivity index (χ1n) is 6.50. The van der Waals surface area contributed by atoms with Crippen LogP contribution in [-0.2, 0) is 6.11 Å². The third-order valence-corrected chi connectivity index (χ3v) is 3.50. The zero-order valence-electron chi connectivity index (χ0n) is 11.9. The van der Waals surface area contributed by atoms with Gasteiger partial charge in [-0.3, -0.25) is 0 Å². The number of rotatable bonds is 3. The van der Waals surface area contributed by atoms with E-state index in [1.807, 2.05) is 0 Å². The molecule has 0 radical (unpaired) electrons. The summed E-state index contributed by atoms with van der Waals surface area (Å²) in [5.74, 6) is -3.64. The van der Waals surface area contributed by atoms with Gasteiger partial charge in [-0.2, -0.15) is 13.2 Å². The predicted molar refractivity (Wildman–Crippen MR) is 75.8 cm³/mol. The molecule has 9 heteroatoms. The van der Waals surface area contributed by atoms with Gasteiger partial charge in [0.2, 0.25) is 0 Å². The molecular formula is C15H8BrF5O3. The Morgan fingerprint density at radius 1 is 1.04 bits per heavy atom. The molecule has 0 aromatic heterocycles. The smallest absolute Gasteiger partial charge is 0.429 e. The molecule has 24 heavy (non-hydrogen) atoms. The number of fused-ring (bicyclic) bond motifs is 1. The van der Waals surface area contributed by atoms with Crippen molar-refractivity contribution >= 4 is 15.9 Å². The number of alkyl halides is 3. The van der Waals surface area contributed by atoms with E-state index < -0.39 is 35.1 Å². The minimum atomic E-state index is -4.30. The summed E-state index contributed by atoms with van der Waals surface area (Å²) in [6, 6.07) is 2.04. The number of ether oxygens (including phenoxy) is 3. The lowest BCUT2D eigenvalue weighted by Crippen LogP contribution is -2.27. The van der Waals surface area contributed by atoms with Crippen LogP contribution in [0.4, 0.5) is 22.0 Å². The Balaban J connectivity index is 1.91. The number of hydrogen-bond donors (Lipinski definition) is 0. The number of benzene rings is 2. The van der Waals surface area contributed by atoms with E-state index in [9.17, 15) is 22.0 Å². The highest BCUT2D eigenvalue weighted by molar-refractivity contribution is 9.10. The molecule has 0 saturated heterocycles. The molecule has 1 atom stereocenters. The first-order valence-corrected chi connectivity index (χ1v) is 7.29. The molecule has 0 aliphatic carbocycles. The van der Waals surface area contributed by atoms with Crippen LogP contribution < -0.4 is 14.2 Å². The highest BCUT2D eigenvalue weighted by atomic mass is 79.9. The lowest BCUT2D eigenvalue weighted by atomic mass is 10.2. The van der Waals surface area contributed by atoms with Gasteiger partial charge >= 0.3 is 12.1 Å². The van der Waals surface area contributed by atoms with Crippen molar-refractivity contribution < 1.29 is 36.2 Å². The van der Waals surface area contributed by atoms with E-state index in [2.05, 4.69) is 20.7 Å². The number of hydrogen-bond acceptors (Lipinski definition) is 3. The van der Waals surface area contributed by atoms with Gasteiger partial charge in [0.1, 0.15) is 22.9 Å². The molecule has 3 nitrogen and oxygen atoms in total. The first kappa shape index (κ1) is 16.8. The van der Waals surface area contributed by atoms with Crippen molar-refractivity contribution in [2.24, 2.45) is 0 Å². The topological polar surface area (TPSA) is 27.7 Å². The summed E-state index contributed by atoms with van der Waals surface area (Å²) in [6.45, 7) is 0.981. The molecular weight excluding hydrogens is 403 g/mol. The SMILES string of the molecule is CC1(F)Oc2ccc(OC(F)(F)c3c(F)cc(Br)cc3F)cc2O1. The maximum Gasteiger partial charge on any atom is 0.432 e. The third-order valence-electron chi connectivity index (χ3n) is 3.04. The Hall–Kier alpha value is -2.03. The summed E-state index contributed by atoms with van der Waals surface area (Å²) in [7, 11) is 0. The molecule has 0 bridgehead atoms. The third kappa shape index (κ3) is 3.12. The Morgan fingerprint density at radius 3 is 2.25 bits per heavy atom. The Kier molecular flexibility index (Phi) is 3.86. The Bertz CT molecular complexity index is 787. The van der Waals surface area contributed by atoms with E-state index in [-0.39, 0.29) is 16.0 Å². The average Bonchev–Trinajstić information content (AvgIpc) is 2.69. The van der Waals surface area contributed by atoms with E-state index in [1.165, 1.54) is 0 Å². The second-order valence-corrected chi connectivity index (χ2v) is 5.93. The minimum Gasteiger partial charge on any atom is -0.429 e. The molecule has 2 aromatic carbocycles. The van der Waals surface area contributed by atoms with Crippen LogP contribution >= 0.6 is 15.9 Å². The van der Waals surface area contributed by atoms with Gasteiger partial charge in [0.25, 0.3) is 0 Å². The lowest BCUT2D eigenvalue weighted by Gasteiger charge is -2.19. The first-order chi connectivity index (χ1) is 11.1. The van der Waals surface area contributed by atoms with Gasteiger partial charge in [-0.15, -0.1) is 0 Å². The summed E-state index contributed by atoms with van der Waals surface area (Å²) in [5, 5.41) is 0.